The zero-order valence-corrected chi connectivity index (χ0v) is 18.5. The third-order valence-electron chi connectivity index (χ3n) is 7.47. The van der Waals surface area contributed by atoms with Gasteiger partial charge in [0, 0.05) is 18.5 Å². The second-order valence-corrected chi connectivity index (χ2v) is 9.39. The van der Waals surface area contributed by atoms with E-state index in [1.165, 1.54) is 11.1 Å². The lowest BCUT2D eigenvalue weighted by atomic mass is 9.73. The second-order valence-electron chi connectivity index (χ2n) is 9.39. The zero-order valence-electron chi connectivity index (χ0n) is 18.5. The number of rotatable bonds is 4. The number of amides is 3. The van der Waals surface area contributed by atoms with Crippen LogP contribution < -0.4 is 5.32 Å². The van der Waals surface area contributed by atoms with E-state index < -0.39 is 0 Å². The van der Waals surface area contributed by atoms with E-state index in [1.54, 1.807) is 9.80 Å². The summed E-state index contributed by atoms with van der Waals surface area (Å²) in [6.07, 6.45) is 4.34. The number of hydrogen-bond acceptors (Lipinski definition) is 3. The summed E-state index contributed by atoms with van der Waals surface area (Å²) in [6.45, 7) is 2.63. The average Bonchev–Trinajstić information content (AvgIpc) is 3.29. The monoisotopic (exact) mass is 433 g/mol. The minimum absolute atomic E-state index is 0.0250. The van der Waals surface area contributed by atoms with Gasteiger partial charge in [-0.15, -0.1) is 0 Å². The van der Waals surface area contributed by atoms with E-state index in [0.29, 0.717) is 6.54 Å². The molecule has 1 saturated carbocycles. The van der Waals surface area contributed by atoms with Crippen LogP contribution >= 0.6 is 0 Å². The number of aliphatic hydroxyl groups excluding tert-OH is 1. The van der Waals surface area contributed by atoms with Crippen LogP contribution in [-0.2, 0) is 4.79 Å². The van der Waals surface area contributed by atoms with E-state index in [2.05, 4.69) is 48.6 Å². The second kappa shape index (κ2) is 8.58. The molecular formula is C26H31N3O3. The Morgan fingerprint density at radius 1 is 1.09 bits per heavy atom. The van der Waals surface area contributed by atoms with Gasteiger partial charge in [0.1, 0.15) is 6.54 Å². The highest BCUT2D eigenvalue weighted by Crippen LogP contribution is 2.43. The van der Waals surface area contributed by atoms with Gasteiger partial charge in [-0.2, -0.15) is 0 Å². The van der Waals surface area contributed by atoms with Crippen molar-refractivity contribution in [3.05, 3.63) is 59.7 Å². The molecule has 6 nitrogen and oxygen atoms in total. The average molecular weight is 434 g/mol. The van der Waals surface area contributed by atoms with Crippen molar-refractivity contribution in [3.8, 4) is 11.1 Å². The van der Waals surface area contributed by atoms with E-state index >= 15 is 0 Å². The maximum absolute atomic E-state index is 12.8. The Morgan fingerprint density at radius 3 is 2.50 bits per heavy atom. The van der Waals surface area contributed by atoms with Crippen molar-refractivity contribution in [1.29, 1.82) is 0 Å². The lowest BCUT2D eigenvalue weighted by Gasteiger charge is -2.58. The molecule has 3 fully saturated rings. The van der Waals surface area contributed by atoms with E-state index in [1.807, 2.05) is 12.1 Å². The van der Waals surface area contributed by atoms with Gasteiger partial charge in [-0.05, 0) is 42.0 Å². The van der Waals surface area contributed by atoms with Crippen molar-refractivity contribution < 1.29 is 14.7 Å². The van der Waals surface area contributed by atoms with Gasteiger partial charge < -0.3 is 20.2 Å². The summed E-state index contributed by atoms with van der Waals surface area (Å²) in [5.41, 5.74) is 4.69. The number of carbonyl (C=O) groups excluding carboxylic acids is 2. The largest absolute Gasteiger partial charge is 0.394 e. The van der Waals surface area contributed by atoms with Crippen molar-refractivity contribution in [1.82, 2.24) is 15.1 Å². The van der Waals surface area contributed by atoms with Crippen molar-refractivity contribution >= 4 is 11.9 Å². The molecule has 2 aromatic carbocycles. The topological polar surface area (TPSA) is 72.9 Å². The van der Waals surface area contributed by atoms with E-state index in [4.69, 9.17) is 0 Å². The number of nitrogens with one attached hydrogen (secondary N) is 1. The molecule has 2 saturated heterocycles. The number of nitrogens with zero attached hydrogens (tertiary/aromatic N) is 2. The first kappa shape index (κ1) is 21.0. The van der Waals surface area contributed by atoms with E-state index in [-0.39, 0.29) is 49.1 Å². The van der Waals surface area contributed by atoms with Crippen LogP contribution in [0.5, 0.6) is 0 Å². The first-order chi connectivity index (χ1) is 15.6. The molecule has 3 aliphatic rings. The van der Waals surface area contributed by atoms with Crippen LogP contribution in [-0.4, -0.2) is 64.7 Å². The molecule has 3 atom stereocenters. The number of carbonyl (C=O) groups is 2. The molecular weight excluding hydrogens is 402 g/mol. The Bertz CT molecular complexity index is 1000. The molecule has 0 radical (unpaired) electrons. The summed E-state index contributed by atoms with van der Waals surface area (Å²) in [6, 6.07) is 16.5. The molecule has 3 amide bonds. The normalized spacial score (nSPS) is 25.4. The van der Waals surface area contributed by atoms with Crippen molar-refractivity contribution in [2.75, 3.05) is 19.7 Å². The first-order valence-corrected chi connectivity index (χ1v) is 11.7. The van der Waals surface area contributed by atoms with Gasteiger partial charge in [-0.25, -0.2) is 4.79 Å². The van der Waals surface area contributed by atoms with Crippen molar-refractivity contribution in [2.45, 2.75) is 56.7 Å². The molecule has 168 valence electrons. The molecule has 2 N–H and O–H groups in total. The van der Waals surface area contributed by atoms with Gasteiger partial charge in [0.15, 0.2) is 0 Å². The molecule has 0 spiro atoms. The van der Waals surface area contributed by atoms with E-state index in [9.17, 15) is 14.7 Å². The van der Waals surface area contributed by atoms with Gasteiger partial charge in [0.2, 0.25) is 5.91 Å². The van der Waals surface area contributed by atoms with Crippen LogP contribution in [0.25, 0.3) is 11.1 Å². The highest BCUT2D eigenvalue weighted by molar-refractivity contribution is 5.87. The molecule has 1 aliphatic carbocycles. The number of benzene rings is 2. The Morgan fingerprint density at radius 2 is 1.81 bits per heavy atom. The number of hydrogen-bond donors (Lipinski definition) is 2. The molecule has 2 aromatic rings. The van der Waals surface area contributed by atoms with Gasteiger partial charge in [-0.3, -0.25) is 4.79 Å². The smallest absolute Gasteiger partial charge is 0.318 e. The van der Waals surface area contributed by atoms with Crippen LogP contribution in [0.2, 0.25) is 0 Å². The summed E-state index contributed by atoms with van der Waals surface area (Å²) in [4.78, 5) is 29.1. The predicted molar refractivity (Wildman–Crippen MR) is 123 cm³/mol. The molecule has 2 heterocycles. The minimum Gasteiger partial charge on any atom is -0.394 e. The molecule has 5 rings (SSSR count). The fraction of sp³-hybridized carbons (Fsp3) is 0.462. The van der Waals surface area contributed by atoms with Crippen molar-refractivity contribution in [3.63, 3.8) is 0 Å². The number of fused-ring (bicyclic) bond motifs is 1. The highest BCUT2D eigenvalue weighted by atomic mass is 16.3. The molecule has 2 aliphatic heterocycles. The highest BCUT2D eigenvalue weighted by Gasteiger charge is 2.54. The summed E-state index contributed by atoms with van der Waals surface area (Å²) in [7, 11) is 0. The Hall–Kier alpha value is -2.86. The van der Waals surface area contributed by atoms with Gasteiger partial charge >= 0.3 is 6.03 Å². The summed E-state index contributed by atoms with van der Waals surface area (Å²) in [5.74, 6) is -0.0494. The number of aliphatic hydroxyl groups is 1. The quantitative estimate of drug-likeness (QED) is 0.777. The molecule has 0 bridgehead atoms. The third kappa shape index (κ3) is 3.66. The third-order valence-corrected chi connectivity index (χ3v) is 7.47. The standard InChI is InChI=1S/C26H31N3O3/c1-17-6-2-5-9-21(17)18-10-12-19(13-11-18)25-22-14-28(15-24(31)29(22)23(25)16-30)26(32)27-20-7-3-4-8-20/h2,5-6,9-13,20,22-23,25,30H,3-4,7-8,14-16H2,1H3,(H,27,32)/t22-,23-,25?/m0/s1. The summed E-state index contributed by atoms with van der Waals surface area (Å²) in [5, 5.41) is 13.1. The van der Waals surface area contributed by atoms with Crippen LogP contribution in [0.15, 0.2) is 48.5 Å². The van der Waals surface area contributed by atoms with Gasteiger partial charge in [-0.1, -0.05) is 61.4 Å². The fourth-order valence-corrected chi connectivity index (χ4v) is 5.77. The fourth-order valence-electron chi connectivity index (χ4n) is 5.77. The van der Waals surface area contributed by atoms with Crippen LogP contribution in [0.1, 0.15) is 42.7 Å². The number of aryl methyl sites for hydroxylation is 1. The Kier molecular flexibility index (Phi) is 5.64. The summed E-state index contributed by atoms with van der Waals surface area (Å²) < 4.78 is 0. The molecule has 6 heteroatoms. The number of urea groups is 1. The maximum Gasteiger partial charge on any atom is 0.318 e. The van der Waals surface area contributed by atoms with Crippen LogP contribution in [0.3, 0.4) is 0 Å². The van der Waals surface area contributed by atoms with E-state index in [0.717, 1.165) is 36.8 Å². The molecule has 0 aromatic heterocycles. The molecule has 32 heavy (non-hydrogen) atoms. The maximum atomic E-state index is 12.8. The SMILES string of the molecule is Cc1ccccc1-c1ccc(C2[C@H](CO)N3C(=O)CN(C(=O)NC4CCCC4)C[C@@H]23)cc1. The lowest BCUT2D eigenvalue weighted by Crippen LogP contribution is -2.74. The minimum atomic E-state index is -0.225. The number of piperazine rings is 1. The Balaban J connectivity index is 1.34. The first-order valence-electron chi connectivity index (χ1n) is 11.7. The van der Waals surface area contributed by atoms with Gasteiger partial charge in [0.25, 0.3) is 0 Å². The van der Waals surface area contributed by atoms with Crippen LogP contribution in [0, 0.1) is 6.92 Å². The van der Waals surface area contributed by atoms with Crippen LogP contribution in [0.4, 0.5) is 4.79 Å². The Labute approximate surface area is 189 Å². The van der Waals surface area contributed by atoms with Crippen molar-refractivity contribution in [2.24, 2.45) is 0 Å². The van der Waals surface area contributed by atoms with Gasteiger partial charge in [0.05, 0.1) is 18.7 Å². The zero-order chi connectivity index (χ0) is 22.2. The molecule has 1 unspecified atom stereocenters. The lowest BCUT2D eigenvalue weighted by molar-refractivity contribution is -0.159. The summed E-state index contributed by atoms with van der Waals surface area (Å²) >= 11 is 0. The predicted octanol–water partition coefficient (Wildman–Crippen LogP) is 3.29.